The molecule has 1 saturated heterocycles. The van der Waals surface area contributed by atoms with E-state index in [1.165, 1.54) is 19.4 Å². The molecule has 3 nitrogen and oxygen atoms in total. The zero-order valence-electron chi connectivity index (χ0n) is 9.46. The lowest BCUT2D eigenvalue weighted by molar-refractivity contribution is -0.118. The van der Waals surface area contributed by atoms with Crippen LogP contribution in [-0.2, 0) is 4.79 Å². The van der Waals surface area contributed by atoms with Gasteiger partial charge in [0, 0.05) is 26.2 Å². The van der Waals surface area contributed by atoms with E-state index in [0.29, 0.717) is 6.54 Å². The summed E-state index contributed by atoms with van der Waals surface area (Å²) < 4.78 is 0. The standard InChI is InChI=1S/C11H22N2O/c1-3-4-5-12-6-8-13(9-7-12)10-11(2)14/h3-10H2,1-2H3. The van der Waals surface area contributed by atoms with E-state index >= 15 is 0 Å². The van der Waals surface area contributed by atoms with Crippen molar-refractivity contribution in [3.63, 3.8) is 0 Å². The summed E-state index contributed by atoms with van der Waals surface area (Å²) in [7, 11) is 0. The van der Waals surface area contributed by atoms with Crippen LogP contribution in [0.15, 0.2) is 0 Å². The van der Waals surface area contributed by atoms with E-state index in [9.17, 15) is 4.79 Å². The van der Waals surface area contributed by atoms with Gasteiger partial charge in [-0.2, -0.15) is 0 Å². The second kappa shape index (κ2) is 6.14. The van der Waals surface area contributed by atoms with Crippen molar-refractivity contribution in [1.82, 2.24) is 9.80 Å². The molecule has 1 fully saturated rings. The first-order valence-corrected chi connectivity index (χ1v) is 5.66. The van der Waals surface area contributed by atoms with Crippen LogP contribution in [-0.4, -0.2) is 54.9 Å². The van der Waals surface area contributed by atoms with Gasteiger partial charge >= 0.3 is 0 Å². The Morgan fingerprint density at radius 3 is 2.21 bits per heavy atom. The van der Waals surface area contributed by atoms with Crippen LogP contribution in [0, 0.1) is 0 Å². The average molecular weight is 198 g/mol. The lowest BCUT2D eigenvalue weighted by Crippen LogP contribution is -2.47. The Labute approximate surface area is 87.1 Å². The molecular weight excluding hydrogens is 176 g/mol. The first-order valence-electron chi connectivity index (χ1n) is 5.66. The minimum absolute atomic E-state index is 0.284. The van der Waals surface area contributed by atoms with Gasteiger partial charge in [-0.05, 0) is 19.9 Å². The second-order valence-electron chi connectivity index (χ2n) is 4.17. The molecule has 0 aromatic rings. The van der Waals surface area contributed by atoms with Gasteiger partial charge in [-0.25, -0.2) is 0 Å². The minimum atomic E-state index is 0.284. The molecule has 1 aliphatic heterocycles. The molecule has 0 spiro atoms. The zero-order chi connectivity index (χ0) is 10.4. The van der Waals surface area contributed by atoms with E-state index in [-0.39, 0.29) is 5.78 Å². The number of rotatable bonds is 5. The fraction of sp³-hybridized carbons (Fsp3) is 0.909. The van der Waals surface area contributed by atoms with Gasteiger partial charge in [0.05, 0.1) is 6.54 Å². The number of hydrogen-bond donors (Lipinski definition) is 0. The van der Waals surface area contributed by atoms with E-state index in [0.717, 1.165) is 26.2 Å². The third kappa shape index (κ3) is 4.20. The third-order valence-electron chi connectivity index (χ3n) is 2.74. The molecule has 0 amide bonds. The van der Waals surface area contributed by atoms with Crippen LogP contribution in [0.1, 0.15) is 26.7 Å². The van der Waals surface area contributed by atoms with E-state index in [4.69, 9.17) is 0 Å². The monoisotopic (exact) mass is 198 g/mol. The number of ketones is 1. The molecule has 3 heteroatoms. The summed E-state index contributed by atoms with van der Waals surface area (Å²) in [5, 5.41) is 0. The fourth-order valence-corrected chi connectivity index (χ4v) is 1.87. The van der Waals surface area contributed by atoms with Crippen LogP contribution in [0.3, 0.4) is 0 Å². The summed E-state index contributed by atoms with van der Waals surface area (Å²) in [5.41, 5.74) is 0. The van der Waals surface area contributed by atoms with Crippen molar-refractivity contribution in [2.75, 3.05) is 39.3 Å². The van der Waals surface area contributed by atoms with Crippen LogP contribution in [0.5, 0.6) is 0 Å². The summed E-state index contributed by atoms with van der Waals surface area (Å²) >= 11 is 0. The molecule has 82 valence electrons. The Kier molecular flexibility index (Phi) is 5.12. The normalized spacial score (nSPS) is 19.9. The Morgan fingerprint density at radius 2 is 1.71 bits per heavy atom. The van der Waals surface area contributed by atoms with Crippen LogP contribution in [0.2, 0.25) is 0 Å². The summed E-state index contributed by atoms with van der Waals surface area (Å²) in [6, 6.07) is 0. The largest absolute Gasteiger partial charge is 0.301 e. The van der Waals surface area contributed by atoms with Gasteiger partial charge in [-0.15, -0.1) is 0 Å². The summed E-state index contributed by atoms with van der Waals surface area (Å²) in [5.74, 6) is 0.284. The van der Waals surface area contributed by atoms with Gasteiger partial charge in [0.1, 0.15) is 5.78 Å². The highest BCUT2D eigenvalue weighted by molar-refractivity contribution is 5.77. The summed E-state index contributed by atoms with van der Waals surface area (Å²) in [6.07, 6.45) is 2.57. The molecule has 0 bridgehead atoms. The van der Waals surface area contributed by atoms with Crippen molar-refractivity contribution in [2.24, 2.45) is 0 Å². The van der Waals surface area contributed by atoms with Gasteiger partial charge in [-0.1, -0.05) is 13.3 Å². The zero-order valence-corrected chi connectivity index (χ0v) is 9.46. The van der Waals surface area contributed by atoms with Crippen molar-refractivity contribution >= 4 is 5.78 Å². The van der Waals surface area contributed by atoms with E-state index in [1.807, 2.05) is 0 Å². The maximum absolute atomic E-state index is 10.9. The number of hydrogen-bond acceptors (Lipinski definition) is 3. The molecule has 0 aliphatic carbocycles. The Morgan fingerprint density at radius 1 is 1.14 bits per heavy atom. The van der Waals surface area contributed by atoms with Crippen LogP contribution in [0.4, 0.5) is 0 Å². The average Bonchev–Trinajstić information content (AvgIpc) is 2.16. The lowest BCUT2D eigenvalue weighted by atomic mass is 10.2. The highest BCUT2D eigenvalue weighted by Gasteiger charge is 2.16. The molecular formula is C11H22N2O. The minimum Gasteiger partial charge on any atom is -0.301 e. The van der Waals surface area contributed by atoms with Crippen molar-refractivity contribution in [2.45, 2.75) is 26.7 Å². The molecule has 0 radical (unpaired) electrons. The molecule has 0 atom stereocenters. The predicted octanol–water partition coefficient (Wildman–Crippen LogP) is 0.993. The number of carbonyl (C=O) groups is 1. The summed E-state index contributed by atoms with van der Waals surface area (Å²) in [4.78, 5) is 15.7. The Balaban J connectivity index is 2.14. The van der Waals surface area contributed by atoms with Gasteiger partial charge < -0.3 is 4.90 Å². The number of unbranched alkanes of at least 4 members (excludes halogenated alkanes) is 1. The van der Waals surface area contributed by atoms with Crippen molar-refractivity contribution in [1.29, 1.82) is 0 Å². The van der Waals surface area contributed by atoms with E-state index in [1.54, 1.807) is 6.92 Å². The first-order chi connectivity index (χ1) is 6.72. The molecule has 1 aliphatic rings. The molecule has 0 aromatic carbocycles. The number of carbonyl (C=O) groups excluding carboxylic acids is 1. The Bertz CT molecular complexity index is 174. The fourth-order valence-electron chi connectivity index (χ4n) is 1.87. The third-order valence-corrected chi connectivity index (χ3v) is 2.74. The van der Waals surface area contributed by atoms with Crippen molar-refractivity contribution in [3.05, 3.63) is 0 Å². The number of Topliss-reactive ketones (excluding diaryl/α,β-unsaturated/α-hetero) is 1. The van der Waals surface area contributed by atoms with Crippen LogP contribution >= 0.6 is 0 Å². The first kappa shape index (κ1) is 11.7. The maximum Gasteiger partial charge on any atom is 0.143 e. The van der Waals surface area contributed by atoms with Gasteiger partial charge in [0.2, 0.25) is 0 Å². The second-order valence-corrected chi connectivity index (χ2v) is 4.17. The molecule has 0 saturated carbocycles. The van der Waals surface area contributed by atoms with Crippen molar-refractivity contribution < 1.29 is 4.79 Å². The van der Waals surface area contributed by atoms with E-state index in [2.05, 4.69) is 16.7 Å². The molecule has 14 heavy (non-hydrogen) atoms. The van der Waals surface area contributed by atoms with E-state index < -0.39 is 0 Å². The number of piperazine rings is 1. The topological polar surface area (TPSA) is 23.6 Å². The van der Waals surface area contributed by atoms with Gasteiger partial charge in [-0.3, -0.25) is 9.69 Å². The van der Waals surface area contributed by atoms with Crippen LogP contribution < -0.4 is 0 Å². The molecule has 1 heterocycles. The van der Waals surface area contributed by atoms with Crippen LogP contribution in [0.25, 0.3) is 0 Å². The number of nitrogens with zero attached hydrogens (tertiary/aromatic N) is 2. The molecule has 0 unspecified atom stereocenters. The van der Waals surface area contributed by atoms with Gasteiger partial charge in [0.25, 0.3) is 0 Å². The smallest absolute Gasteiger partial charge is 0.143 e. The lowest BCUT2D eigenvalue weighted by Gasteiger charge is -2.34. The SMILES string of the molecule is CCCCN1CCN(CC(C)=O)CC1. The Hall–Kier alpha value is -0.410. The highest BCUT2D eigenvalue weighted by atomic mass is 16.1. The summed E-state index contributed by atoms with van der Waals surface area (Å²) in [6.45, 7) is 10.1. The maximum atomic E-state index is 10.9. The highest BCUT2D eigenvalue weighted by Crippen LogP contribution is 2.03. The van der Waals surface area contributed by atoms with Gasteiger partial charge in [0.15, 0.2) is 0 Å². The molecule has 1 rings (SSSR count). The molecule has 0 aromatic heterocycles. The quantitative estimate of drug-likeness (QED) is 0.658. The van der Waals surface area contributed by atoms with Crippen molar-refractivity contribution in [3.8, 4) is 0 Å². The molecule has 0 N–H and O–H groups in total. The predicted molar refractivity (Wildman–Crippen MR) is 58.5 cm³/mol.